The molecule has 2 rings (SSSR count). The van der Waals surface area contributed by atoms with Crippen LogP contribution in [-0.4, -0.2) is 48.6 Å². The second-order valence-corrected chi connectivity index (χ2v) is 5.26. The molecule has 0 unspecified atom stereocenters. The number of nitrogens with one attached hydrogen (secondary N) is 1. The van der Waals surface area contributed by atoms with Gasteiger partial charge in [0.2, 0.25) is 5.76 Å². The van der Waals surface area contributed by atoms with Crippen molar-refractivity contribution < 1.29 is 19.1 Å². The monoisotopic (exact) mass is 280 g/mol. The highest BCUT2D eigenvalue weighted by Crippen LogP contribution is 2.18. The Kier molecular flexibility index (Phi) is 4.79. The molecule has 2 N–H and O–H groups in total. The molecule has 6 nitrogen and oxygen atoms in total. The standard InChI is InChI=1S/C14H20N2O4/c1-16-8-5-10(6-9-16)4-7-15-13(17)11-2-3-12(20-11)14(18)19/h2-3,10H,4-9H2,1H3,(H,15,17)(H,18,19). The lowest BCUT2D eigenvalue weighted by atomic mass is 9.94. The minimum Gasteiger partial charge on any atom is -0.475 e. The third-order valence-electron chi connectivity index (χ3n) is 3.72. The van der Waals surface area contributed by atoms with E-state index in [9.17, 15) is 9.59 Å². The molecule has 2 heterocycles. The Hall–Kier alpha value is -1.82. The Morgan fingerprint density at radius 3 is 2.60 bits per heavy atom. The predicted octanol–water partition coefficient (Wildman–Crippen LogP) is 1.44. The Labute approximate surface area is 117 Å². The molecular weight excluding hydrogens is 260 g/mol. The van der Waals surface area contributed by atoms with E-state index in [0.717, 1.165) is 32.4 Å². The lowest BCUT2D eigenvalue weighted by Crippen LogP contribution is -2.32. The van der Waals surface area contributed by atoms with E-state index in [0.29, 0.717) is 12.5 Å². The molecule has 1 aliphatic heterocycles. The zero-order valence-electron chi connectivity index (χ0n) is 11.6. The average molecular weight is 280 g/mol. The van der Waals surface area contributed by atoms with Gasteiger partial charge in [0.15, 0.2) is 5.76 Å². The quantitative estimate of drug-likeness (QED) is 0.852. The van der Waals surface area contributed by atoms with Crippen molar-refractivity contribution in [2.75, 3.05) is 26.7 Å². The number of rotatable bonds is 5. The van der Waals surface area contributed by atoms with Crippen LogP contribution in [0.1, 0.15) is 40.4 Å². The van der Waals surface area contributed by atoms with Crippen LogP contribution in [0, 0.1) is 5.92 Å². The van der Waals surface area contributed by atoms with Crippen molar-refractivity contribution in [3.63, 3.8) is 0 Å². The minimum atomic E-state index is -1.17. The van der Waals surface area contributed by atoms with Crippen LogP contribution >= 0.6 is 0 Å². The van der Waals surface area contributed by atoms with Gasteiger partial charge in [-0.3, -0.25) is 4.79 Å². The summed E-state index contributed by atoms with van der Waals surface area (Å²) in [6.45, 7) is 2.81. The van der Waals surface area contributed by atoms with Crippen LogP contribution in [0.2, 0.25) is 0 Å². The van der Waals surface area contributed by atoms with Crippen molar-refractivity contribution in [3.8, 4) is 0 Å². The molecular formula is C14H20N2O4. The first-order valence-corrected chi connectivity index (χ1v) is 6.86. The maximum absolute atomic E-state index is 11.8. The fraction of sp³-hybridized carbons (Fsp3) is 0.571. The molecule has 0 saturated carbocycles. The van der Waals surface area contributed by atoms with E-state index in [-0.39, 0.29) is 17.4 Å². The Balaban J connectivity index is 1.73. The third-order valence-corrected chi connectivity index (χ3v) is 3.72. The second-order valence-electron chi connectivity index (χ2n) is 5.26. The number of aromatic carboxylic acids is 1. The van der Waals surface area contributed by atoms with Crippen molar-refractivity contribution in [2.24, 2.45) is 5.92 Å². The van der Waals surface area contributed by atoms with Gasteiger partial charge < -0.3 is 19.7 Å². The topological polar surface area (TPSA) is 82.8 Å². The van der Waals surface area contributed by atoms with Crippen LogP contribution in [0.15, 0.2) is 16.5 Å². The van der Waals surface area contributed by atoms with E-state index in [1.54, 1.807) is 0 Å². The molecule has 0 spiro atoms. The lowest BCUT2D eigenvalue weighted by molar-refractivity contribution is 0.0659. The highest BCUT2D eigenvalue weighted by Gasteiger charge is 2.18. The number of likely N-dealkylation sites (tertiary alicyclic amines) is 1. The summed E-state index contributed by atoms with van der Waals surface area (Å²) in [6.07, 6.45) is 3.28. The van der Waals surface area contributed by atoms with Crippen LogP contribution in [0.5, 0.6) is 0 Å². The molecule has 6 heteroatoms. The summed E-state index contributed by atoms with van der Waals surface area (Å²) in [6, 6.07) is 2.67. The van der Waals surface area contributed by atoms with Crippen molar-refractivity contribution in [1.82, 2.24) is 10.2 Å². The summed E-state index contributed by atoms with van der Waals surface area (Å²) in [5.41, 5.74) is 0. The van der Waals surface area contributed by atoms with Crippen molar-refractivity contribution in [1.29, 1.82) is 0 Å². The largest absolute Gasteiger partial charge is 0.475 e. The number of nitrogens with zero attached hydrogens (tertiary/aromatic N) is 1. The van der Waals surface area contributed by atoms with Gasteiger partial charge in [0, 0.05) is 6.54 Å². The Morgan fingerprint density at radius 1 is 1.35 bits per heavy atom. The number of furan rings is 1. The number of hydrogen-bond donors (Lipinski definition) is 2. The van der Waals surface area contributed by atoms with Gasteiger partial charge in [-0.15, -0.1) is 0 Å². The SMILES string of the molecule is CN1CCC(CCNC(=O)c2ccc(C(=O)O)o2)CC1. The van der Waals surface area contributed by atoms with Gasteiger partial charge in [0.05, 0.1) is 0 Å². The molecule has 1 saturated heterocycles. The van der Waals surface area contributed by atoms with E-state index in [1.165, 1.54) is 12.1 Å². The number of carbonyl (C=O) groups is 2. The maximum atomic E-state index is 11.8. The van der Waals surface area contributed by atoms with Crippen LogP contribution in [0.25, 0.3) is 0 Å². The lowest BCUT2D eigenvalue weighted by Gasteiger charge is -2.28. The van der Waals surface area contributed by atoms with Crippen molar-refractivity contribution in [3.05, 3.63) is 23.7 Å². The summed E-state index contributed by atoms with van der Waals surface area (Å²) >= 11 is 0. The summed E-state index contributed by atoms with van der Waals surface area (Å²) in [7, 11) is 2.12. The molecule has 0 aliphatic carbocycles. The summed E-state index contributed by atoms with van der Waals surface area (Å²) < 4.78 is 4.95. The van der Waals surface area contributed by atoms with E-state index in [2.05, 4.69) is 17.3 Å². The summed E-state index contributed by atoms with van der Waals surface area (Å²) in [5, 5.41) is 11.5. The highest BCUT2D eigenvalue weighted by atomic mass is 16.4. The number of piperidine rings is 1. The molecule has 20 heavy (non-hydrogen) atoms. The number of amides is 1. The first-order valence-electron chi connectivity index (χ1n) is 6.86. The van der Waals surface area contributed by atoms with Crippen LogP contribution in [0.4, 0.5) is 0 Å². The molecule has 1 fully saturated rings. The summed E-state index contributed by atoms with van der Waals surface area (Å²) in [4.78, 5) is 24.7. The predicted molar refractivity (Wildman–Crippen MR) is 72.8 cm³/mol. The number of carboxylic acid groups (broad SMARTS) is 1. The van der Waals surface area contributed by atoms with Crippen LogP contribution < -0.4 is 5.32 Å². The van der Waals surface area contributed by atoms with E-state index in [1.807, 2.05) is 0 Å². The Morgan fingerprint density at radius 2 is 2.00 bits per heavy atom. The first kappa shape index (κ1) is 14.6. The van der Waals surface area contributed by atoms with Gasteiger partial charge in [0.25, 0.3) is 5.91 Å². The fourth-order valence-corrected chi connectivity index (χ4v) is 2.40. The van der Waals surface area contributed by atoms with E-state index in [4.69, 9.17) is 9.52 Å². The van der Waals surface area contributed by atoms with Crippen LogP contribution in [0.3, 0.4) is 0 Å². The van der Waals surface area contributed by atoms with Gasteiger partial charge in [0.1, 0.15) is 0 Å². The molecule has 0 bridgehead atoms. The molecule has 110 valence electrons. The zero-order chi connectivity index (χ0) is 14.5. The molecule has 0 radical (unpaired) electrons. The van der Waals surface area contributed by atoms with Crippen molar-refractivity contribution >= 4 is 11.9 Å². The number of carboxylic acids is 1. The molecule has 0 atom stereocenters. The molecule has 1 aromatic heterocycles. The number of hydrogen-bond acceptors (Lipinski definition) is 4. The fourth-order valence-electron chi connectivity index (χ4n) is 2.40. The normalized spacial score (nSPS) is 17.1. The molecule has 0 aromatic carbocycles. The van der Waals surface area contributed by atoms with Crippen molar-refractivity contribution in [2.45, 2.75) is 19.3 Å². The first-order chi connectivity index (χ1) is 9.56. The summed E-state index contributed by atoms with van der Waals surface area (Å²) in [5.74, 6) is -1.05. The van der Waals surface area contributed by atoms with Gasteiger partial charge in [-0.05, 0) is 57.5 Å². The zero-order valence-corrected chi connectivity index (χ0v) is 11.6. The van der Waals surface area contributed by atoms with Gasteiger partial charge in [-0.1, -0.05) is 0 Å². The molecule has 1 aliphatic rings. The second kappa shape index (κ2) is 6.56. The maximum Gasteiger partial charge on any atom is 0.371 e. The van der Waals surface area contributed by atoms with Gasteiger partial charge in [-0.2, -0.15) is 0 Å². The van der Waals surface area contributed by atoms with E-state index >= 15 is 0 Å². The molecule has 1 amide bonds. The van der Waals surface area contributed by atoms with E-state index < -0.39 is 5.97 Å². The van der Waals surface area contributed by atoms with Gasteiger partial charge >= 0.3 is 5.97 Å². The van der Waals surface area contributed by atoms with Crippen LogP contribution in [-0.2, 0) is 0 Å². The number of carbonyl (C=O) groups excluding carboxylic acids is 1. The average Bonchev–Trinajstić information content (AvgIpc) is 2.91. The minimum absolute atomic E-state index is 0.0470. The molecule has 1 aromatic rings. The third kappa shape index (κ3) is 3.84. The van der Waals surface area contributed by atoms with Gasteiger partial charge in [-0.25, -0.2) is 4.79 Å². The Bertz CT molecular complexity index is 475. The smallest absolute Gasteiger partial charge is 0.371 e. The highest BCUT2D eigenvalue weighted by molar-refractivity contribution is 5.93.